The van der Waals surface area contributed by atoms with E-state index in [4.69, 9.17) is 0 Å². The van der Waals surface area contributed by atoms with Crippen LogP contribution in [0.5, 0.6) is 0 Å². The predicted molar refractivity (Wildman–Crippen MR) is 65.3 cm³/mol. The molecule has 0 radical (unpaired) electrons. The highest BCUT2D eigenvalue weighted by molar-refractivity contribution is 5.77. The molecular formula is C12H24N2O2. The number of carbonyl (C=O) groups excluding carboxylic acids is 2. The number of rotatable bonds is 9. The summed E-state index contributed by atoms with van der Waals surface area (Å²) in [4.78, 5) is 24.0. The maximum absolute atomic E-state index is 11.3. The summed E-state index contributed by atoms with van der Waals surface area (Å²) in [6.45, 7) is 5.71. The minimum absolute atomic E-state index is 0.0796. The van der Waals surface area contributed by atoms with Gasteiger partial charge in [-0.2, -0.15) is 0 Å². The monoisotopic (exact) mass is 228 g/mol. The molecular weight excluding hydrogens is 204 g/mol. The largest absolute Gasteiger partial charge is 0.355 e. The van der Waals surface area contributed by atoms with Crippen LogP contribution >= 0.6 is 0 Å². The zero-order chi connectivity index (χ0) is 12.4. The average molecular weight is 228 g/mol. The Bertz CT molecular complexity index is 217. The number of nitrogens with zero attached hydrogens (tertiary/aromatic N) is 1. The van der Waals surface area contributed by atoms with Gasteiger partial charge >= 0.3 is 0 Å². The second kappa shape index (κ2) is 9.33. The van der Waals surface area contributed by atoms with Crippen LogP contribution in [0.2, 0.25) is 0 Å². The topological polar surface area (TPSA) is 49.4 Å². The summed E-state index contributed by atoms with van der Waals surface area (Å²) in [5.41, 5.74) is 0. The van der Waals surface area contributed by atoms with Crippen LogP contribution in [0.25, 0.3) is 0 Å². The van der Waals surface area contributed by atoms with E-state index in [1.807, 2.05) is 18.9 Å². The Morgan fingerprint density at radius 2 is 1.94 bits per heavy atom. The number of unbranched alkanes of at least 4 members (excludes halogenated alkanes) is 1. The molecule has 0 heterocycles. The van der Waals surface area contributed by atoms with Crippen molar-refractivity contribution < 1.29 is 9.59 Å². The number of Topliss-reactive ketones (excluding diaryl/α,β-unsaturated/α-hetero) is 1. The second-order valence-electron chi connectivity index (χ2n) is 4.25. The van der Waals surface area contributed by atoms with E-state index in [1.165, 1.54) is 0 Å². The molecule has 0 unspecified atom stereocenters. The average Bonchev–Trinajstić information content (AvgIpc) is 2.21. The van der Waals surface area contributed by atoms with E-state index in [9.17, 15) is 9.59 Å². The first-order valence-electron chi connectivity index (χ1n) is 6.01. The summed E-state index contributed by atoms with van der Waals surface area (Å²) >= 11 is 0. The normalized spacial score (nSPS) is 10.5. The molecule has 0 atom stereocenters. The third-order valence-corrected chi connectivity index (χ3v) is 2.30. The van der Waals surface area contributed by atoms with E-state index in [0.717, 1.165) is 32.4 Å². The Hall–Kier alpha value is -0.900. The molecule has 0 aliphatic rings. The van der Waals surface area contributed by atoms with E-state index in [2.05, 4.69) is 5.32 Å². The van der Waals surface area contributed by atoms with Crippen molar-refractivity contribution in [2.24, 2.45) is 0 Å². The maximum Gasteiger partial charge on any atom is 0.234 e. The highest BCUT2D eigenvalue weighted by atomic mass is 16.2. The summed E-state index contributed by atoms with van der Waals surface area (Å²) in [6, 6.07) is 0. The molecule has 0 saturated heterocycles. The summed E-state index contributed by atoms with van der Waals surface area (Å²) in [5, 5.41) is 2.84. The van der Waals surface area contributed by atoms with Gasteiger partial charge in [-0.15, -0.1) is 0 Å². The molecule has 0 spiro atoms. The highest BCUT2D eigenvalue weighted by Crippen LogP contribution is 1.97. The Morgan fingerprint density at radius 3 is 2.50 bits per heavy atom. The van der Waals surface area contributed by atoms with E-state index in [1.54, 1.807) is 6.92 Å². The van der Waals surface area contributed by atoms with Gasteiger partial charge in [-0.25, -0.2) is 0 Å². The fraction of sp³-hybridized carbons (Fsp3) is 0.833. The number of carbonyl (C=O) groups is 2. The molecule has 0 aliphatic heterocycles. The third kappa shape index (κ3) is 9.65. The van der Waals surface area contributed by atoms with Crippen molar-refractivity contribution in [3.63, 3.8) is 0 Å². The number of likely N-dealkylation sites (N-methyl/N-ethyl adjacent to an activating group) is 1. The smallest absolute Gasteiger partial charge is 0.234 e. The van der Waals surface area contributed by atoms with Crippen molar-refractivity contribution in [3.8, 4) is 0 Å². The van der Waals surface area contributed by atoms with Gasteiger partial charge in [-0.1, -0.05) is 6.92 Å². The standard InChI is InChI=1S/C12H24N2O2/c1-4-8-13-12(16)10-14(3)9-6-5-7-11(2)15/h4-10H2,1-3H3,(H,13,16). The Morgan fingerprint density at radius 1 is 1.25 bits per heavy atom. The molecule has 0 aromatic carbocycles. The molecule has 0 bridgehead atoms. The van der Waals surface area contributed by atoms with Gasteiger partial charge in [0.1, 0.15) is 5.78 Å². The van der Waals surface area contributed by atoms with Crippen LogP contribution in [0, 0.1) is 0 Å². The summed E-state index contributed by atoms with van der Waals surface area (Å²) in [6.07, 6.45) is 3.50. The fourth-order valence-electron chi connectivity index (χ4n) is 1.40. The Labute approximate surface area is 98.4 Å². The number of ketones is 1. The summed E-state index contributed by atoms with van der Waals surface area (Å²) < 4.78 is 0. The van der Waals surface area contributed by atoms with Crippen LogP contribution in [-0.4, -0.2) is 43.3 Å². The maximum atomic E-state index is 11.3. The van der Waals surface area contributed by atoms with Crippen LogP contribution in [0.4, 0.5) is 0 Å². The lowest BCUT2D eigenvalue weighted by Gasteiger charge is -2.15. The number of hydrogen-bond donors (Lipinski definition) is 1. The summed E-state index contributed by atoms with van der Waals surface area (Å²) in [5.74, 6) is 0.319. The zero-order valence-corrected chi connectivity index (χ0v) is 10.7. The van der Waals surface area contributed by atoms with Gasteiger partial charge in [0.15, 0.2) is 0 Å². The molecule has 0 rings (SSSR count). The number of nitrogens with one attached hydrogen (secondary N) is 1. The van der Waals surface area contributed by atoms with Gasteiger partial charge in [0.05, 0.1) is 6.54 Å². The molecule has 0 aromatic heterocycles. The van der Waals surface area contributed by atoms with Crippen LogP contribution in [-0.2, 0) is 9.59 Å². The Balaban J connectivity index is 3.46. The van der Waals surface area contributed by atoms with Gasteiger partial charge < -0.3 is 10.1 Å². The van der Waals surface area contributed by atoms with Crippen molar-refractivity contribution in [3.05, 3.63) is 0 Å². The molecule has 1 N–H and O–H groups in total. The van der Waals surface area contributed by atoms with Gasteiger partial charge in [0.2, 0.25) is 5.91 Å². The first-order valence-corrected chi connectivity index (χ1v) is 6.01. The van der Waals surface area contributed by atoms with E-state index in [0.29, 0.717) is 13.0 Å². The minimum atomic E-state index is 0.0796. The van der Waals surface area contributed by atoms with E-state index >= 15 is 0 Å². The molecule has 4 heteroatoms. The van der Waals surface area contributed by atoms with Gasteiger partial charge in [-0.05, 0) is 39.8 Å². The molecule has 4 nitrogen and oxygen atoms in total. The van der Waals surface area contributed by atoms with Crippen LogP contribution in [0.15, 0.2) is 0 Å². The summed E-state index contributed by atoms with van der Waals surface area (Å²) in [7, 11) is 1.93. The zero-order valence-electron chi connectivity index (χ0n) is 10.7. The molecule has 0 aliphatic carbocycles. The lowest BCUT2D eigenvalue weighted by molar-refractivity contribution is -0.122. The van der Waals surface area contributed by atoms with Gasteiger partial charge in [-0.3, -0.25) is 9.69 Å². The molecule has 1 amide bonds. The van der Waals surface area contributed by atoms with Crippen molar-refractivity contribution in [2.75, 3.05) is 26.7 Å². The molecule has 16 heavy (non-hydrogen) atoms. The lowest BCUT2D eigenvalue weighted by atomic mass is 10.2. The molecule has 0 saturated carbocycles. The van der Waals surface area contributed by atoms with E-state index in [-0.39, 0.29) is 11.7 Å². The Kier molecular flexibility index (Phi) is 8.81. The van der Waals surface area contributed by atoms with Crippen LogP contribution < -0.4 is 5.32 Å². The fourth-order valence-corrected chi connectivity index (χ4v) is 1.40. The van der Waals surface area contributed by atoms with Gasteiger partial charge in [0, 0.05) is 13.0 Å². The van der Waals surface area contributed by atoms with Crippen molar-refractivity contribution in [2.45, 2.75) is 39.5 Å². The molecule has 0 fully saturated rings. The van der Waals surface area contributed by atoms with Crippen LogP contribution in [0.3, 0.4) is 0 Å². The SMILES string of the molecule is CCCNC(=O)CN(C)CCCCC(C)=O. The third-order valence-electron chi connectivity index (χ3n) is 2.30. The number of amides is 1. The second-order valence-corrected chi connectivity index (χ2v) is 4.25. The van der Waals surface area contributed by atoms with Crippen molar-refractivity contribution in [1.82, 2.24) is 10.2 Å². The predicted octanol–water partition coefficient (Wildman–Crippen LogP) is 1.20. The quantitative estimate of drug-likeness (QED) is 0.603. The van der Waals surface area contributed by atoms with Crippen molar-refractivity contribution in [1.29, 1.82) is 0 Å². The first-order chi connectivity index (χ1) is 7.56. The highest BCUT2D eigenvalue weighted by Gasteiger charge is 2.05. The minimum Gasteiger partial charge on any atom is -0.355 e. The number of hydrogen-bond acceptors (Lipinski definition) is 3. The molecule has 0 aromatic rings. The van der Waals surface area contributed by atoms with Gasteiger partial charge in [0.25, 0.3) is 0 Å². The van der Waals surface area contributed by atoms with Crippen molar-refractivity contribution >= 4 is 11.7 Å². The molecule has 94 valence electrons. The van der Waals surface area contributed by atoms with E-state index < -0.39 is 0 Å². The lowest BCUT2D eigenvalue weighted by Crippen LogP contribution is -2.35. The van der Waals surface area contributed by atoms with Crippen LogP contribution in [0.1, 0.15) is 39.5 Å². The first kappa shape index (κ1) is 15.1.